The van der Waals surface area contributed by atoms with Crippen LogP contribution in [0.5, 0.6) is 0 Å². The Kier molecular flexibility index (Phi) is 3.43. The number of benzene rings is 1. The number of rotatable bonds is 2. The zero-order valence-corrected chi connectivity index (χ0v) is 10.7. The van der Waals surface area contributed by atoms with E-state index < -0.39 is 0 Å². The van der Waals surface area contributed by atoms with Crippen LogP contribution in [0.25, 0.3) is 11.1 Å². The van der Waals surface area contributed by atoms with Crippen molar-refractivity contribution in [3.8, 4) is 11.1 Å². The van der Waals surface area contributed by atoms with Gasteiger partial charge in [0.25, 0.3) is 0 Å². The van der Waals surface area contributed by atoms with E-state index in [1.165, 1.54) is 12.1 Å². The van der Waals surface area contributed by atoms with Crippen LogP contribution in [-0.4, -0.2) is 24.1 Å². The number of carbonyl (C=O) groups excluding carboxylic acids is 1. The van der Waals surface area contributed by atoms with Crippen LogP contribution in [0.1, 0.15) is 11.6 Å². The highest BCUT2D eigenvalue weighted by molar-refractivity contribution is 5.79. The molecule has 4 nitrogen and oxygen atoms in total. The molecule has 1 unspecified atom stereocenters. The van der Waals surface area contributed by atoms with Crippen molar-refractivity contribution in [1.29, 1.82) is 0 Å². The maximum absolute atomic E-state index is 13.0. The largest absolute Gasteiger partial charge is 0.369 e. The summed E-state index contributed by atoms with van der Waals surface area (Å²) in [4.78, 5) is 15.5. The average molecular weight is 272 g/mol. The molecule has 0 radical (unpaired) electrons. The van der Waals surface area contributed by atoms with E-state index in [9.17, 15) is 9.18 Å². The first kappa shape index (κ1) is 12.7. The molecule has 0 aliphatic carbocycles. The molecular weight excluding hydrogens is 259 g/mol. The molecule has 102 valence electrons. The molecule has 1 amide bonds. The summed E-state index contributed by atoms with van der Waals surface area (Å²) in [7, 11) is 0. The molecule has 1 aromatic heterocycles. The van der Waals surface area contributed by atoms with E-state index in [2.05, 4.69) is 10.3 Å². The topological polar surface area (TPSA) is 51.2 Å². The molecule has 3 rings (SSSR count). The van der Waals surface area contributed by atoms with Gasteiger partial charge in [-0.25, -0.2) is 4.39 Å². The van der Waals surface area contributed by atoms with Crippen molar-refractivity contribution in [2.45, 2.75) is 6.04 Å². The zero-order chi connectivity index (χ0) is 13.9. The number of hydrogen-bond acceptors (Lipinski definition) is 3. The third-order valence-corrected chi connectivity index (χ3v) is 3.24. The highest BCUT2D eigenvalue weighted by Gasteiger charge is 2.23. The van der Waals surface area contributed by atoms with E-state index in [1.807, 2.05) is 6.07 Å². The predicted octanol–water partition coefficient (Wildman–Crippen LogP) is 2.08. The Labute approximate surface area is 115 Å². The molecule has 5 heteroatoms. The van der Waals surface area contributed by atoms with E-state index in [-0.39, 0.29) is 24.4 Å². The normalized spacial score (nSPS) is 18.6. The Balaban J connectivity index is 1.99. The molecule has 1 aliphatic rings. The van der Waals surface area contributed by atoms with E-state index >= 15 is 0 Å². The van der Waals surface area contributed by atoms with Gasteiger partial charge in [-0.05, 0) is 29.3 Å². The van der Waals surface area contributed by atoms with Gasteiger partial charge in [0.1, 0.15) is 12.4 Å². The first-order valence-corrected chi connectivity index (χ1v) is 6.31. The van der Waals surface area contributed by atoms with Crippen LogP contribution in [0.4, 0.5) is 4.39 Å². The monoisotopic (exact) mass is 272 g/mol. The standard InChI is InChI=1S/C15H13FN2O2/c16-11-3-1-10(2-4-11)12-5-6-17-7-13(12)14-8-20-9-15(19)18-14/h1-7,14H,8-9H2,(H,18,19). The number of ether oxygens (including phenoxy) is 1. The minimum absolute atomic E-state index is 0.0860. The molecule has 0 spiro atoms. The minimum Gasteiger partial charge on any atom is -0.369 e. The molecule has 1 N–H and O–H groups in total. The number of halogens is 1. The summed E-state index contributed by atoms with van der Waals surface area (Å²) < 4.78 is 18.3. The van der Waals surface area contributed by atoms with Crippen LogP contribution in [0.3, 0.4) is 0 Å². The molecular formula is C15H13FN2O2. The Morgan fingerprint density at radius 2 is 2.05 bits per heavy atom. The predicted molar refractivity (Wildman–Crippen MR) is 71.3 cm³/mol. The second-order valence-electron chi connectivity index (χ2n) is 4.61. The zero-order valence-electron chi connectivity index (χ0n) is 10.7. The van der Waals surface area contributed by atoms with Crippen molar-refractivity contribution in [3.05, 3.63) is 54.1 Å². The van der Waals surface area contributed by atoms with E-state index in [0.717, 1.165) is 16.7 Å². The highest BCUT2D eigenvalue weighted by Crippen LogP contribution is 2.28. The van der Waals surface area contributed by atoms with Gasteiger partial charge in [0.15, 0.2) is 0 Å². The Hall–Kier alpha value is -2.27. The number of amides is 1. The summed E-state index contributed by atoms with van der Waals surface area (Å²) >= 11 is 0. The summed E-state index contributed by atoms with van der Waals surface area (Å²) in [5.74, 6) is -0.422. The van der Waals surface area contributed by atoms with Crippen molar-refractivity contribution < 1.29 is 13.9 Å². The van der Waals surface area contributed by atoms with Gasteiger partial charge in [0.05, 0.1) is 12.6 Å². The van der Waals surface area contributed by atoms with Crippen LogP contribution >= 0.6 is 0 Å². The molecule has 1 fully saturated rings. The van der Waals surface area contributed by atoms with E-state index in [0.29, 0.717) is 6.61 Å². The Bertz CT molecular complexity index is 628. The van der Waals surface area contributed by atoms with Crippen molar-refractivity contribution in [2.24, 2.45) is 0 Å². The molecule has 0 saturated carbocycles. The quantitative estimate of drug-likeness (QED) is 0.910. The first-order chi connectivity index (χ1) is 9.74. The van der Waals surface area contributed by atoms with Crippen molar-refractivity contribution in [3.63, 3.8) is 0 Å². The first-order valence-electron chi connectivity index (χ1n) is 6.31. The summed E-state index contributed by atoms with van der Waals surface area (Å²) in [5, 5.41) is 2.88. The van der Waals surface area contributed by atoms with Gasteiger partial charge in [-0.1, -0.05) is 12.1 Å². The number of pyridine rings is 1. The molecule has 1 saturated heterocycles. The summed E-state index contributed by atoms with van der Waals surface area (Å²) in [6.07, 6.45) is 3.38. The van der Waals surface area contributed by atoms with Crippen LogP contribution < -0.4 is 5.32 Å². The number of nitrogens with one attached hydrogen (secondary N) is 1. The number of morpholine rings is 1. The maximum atomic E-state index is 13.0. The fourth-order valence-corrected chi connectivity index (χ4v) is 2.29. The third-order valence-electron chi connectivity index (χ3n) is 3.24. The number of carbonyl (C=O) groups is 1. The lowest BCUT2D eigenvalue weighted by Crippen LogP contribution is -2.40. The smallest absolute Gasteiger partial charge is 0.246 e. The minimum atomic E-state index is -0.279. The van der Waals surface area contributed by atoms with Crippen LogP contribution in [0.15, 0.2) is 42.7 Å². The number of nitrogens with zero attached hydrogens (tertiary/aromatic N) is 1. The van der Waals surface area contributed by atoms with Gasteiger partial charge in [0.2, 0.25) is 5.91 Å². The average Bonchev–Trinajstić information content (AvgIpc) is 2.48. The lowest BCUT2D eigenvalue weighted by molar-refractivity contribution is -0.131. The van der Waals surface area contributed by atoms with Crippen LogP contribution in [0.2, 0.25) is 0 Å². The van der Waals surface area contributed by atoms with Crippen LogP contribution in [-0.2, 0) is 9.53 Å². The molecule has 1 atom stereocenters. The van der Waals surface area contributed by atoms with Gasteiger partial charge >= 0.3 is 0 Å². The second kappa shape index (κ2) is 5.38. The SMILES string of the molecule is O=C1COCC(c2cnccc2-c2ccc(F)cc2)N1. The van der Waals surface area contributed by atoms with Crippen molar-refractivity contribution in [1.82, 2.24) is 10.3 Å². The van der Waals surface area contributed by atoms with Gasteiger partial charge < -0.3 is 10.1 Å². The summed E-state index contributed by atoms with van der Waals surface area (Å²) in [6.45, 7) is 0.494. The molecule has 20 heavy (non-hydrogen) atoms. The summed E-state index contributed by atoms with van der Waals surface area (Å²) in [5.41, 5.74) is 2.66. The number of hydrogen-bond donors (Lipinski definition) is 1. The van der Waals surface area contributed by atoms with Gasteiger partial charge in [0, 0.05) is 18.0 Å². The maximum Gasteiger partial charge on any atom is 0.246 e. The van der Waals surface area contributed by atoms with Gasteiger partial charge in [-0.3, -0.25) is 9.78 Å². The third kappa shape index (κ3) is 2.53. The fraction of sp³-hybridized carbons (Fsp3) is 0.200. The van der Waals surface area contributed by atoms with E-state index in [1.54, 1.807) is 24.5 Å². The lowest BCUT2D eigenvalue weighted by Gasteiger charge is -2.25. The summed E-state index contributed by atoms with van der Waals surface area (Å²) in [6, 6.07) is 7.86. The highest BCUT2D eigenvalue weighted by atomic mass is 19.1. The van der Waals surface area contributed by atoms with Gasteiger partial charge in [-0.2, -0.15) is 0 Å². The molecule has 2 heterocycles. The van der Waals surface area contributed by atoms with Crippen molar-refractivity contribution >= 4 is 5.91 Å². The fourth-order valence-electron chi connectivity index (χ4n) is 2.29. The van der Waals surface area contributed by atoms with Crippen molar-refractivity contribution in [2.75, 3.05) is 13.2 Å². The molecule has 2 aromatic rings. The van der Waals surface area contributed by atoms with Crippen LogP contribution in [0, 0.1) is 5.82 Å². The second-order valence-corrected chi connectivity index (χ2v) is 4.61. The molecule has 0 bridgehead atoms. The van der Waals surface area contributed by atoms with E-state index in [4.69, 9.17) is 4.74 Å². The Morgan fingerprint density at radius 3 is 2.80 bits per heavy atom. The molecule has 1 aliphatic heterocycles. The Morgan fingerprint density at radius 1 is 1.25 bits per heavy atom. The molecule has 1 aromatic carbocycles. The van der Waals surface area contributed by atoms with Gasteiger partial charge in [-0.15, -0.1) is 0 Å². The lowest BCUT2D eigenvalue weighted by atomic mass is 9.96. The number of aromatic nitrogens is 1.